The molecule has 0 radical (unpaired) electrons. The normalized spacial score (nSPS) is 46.2. The number of aliphatic hydroxyl groups excluding tert-OH is 1. The van der Waals surface area contributed by atoms with Crippen LogP contribution < -0.4 is 0 Å². The molecule has 0 unspecified atom stereocenters. The van der Waals surface area contributed by atoms with Crippen molar-refractivity contribution in [1.29, 1.82) is 0 Å². The topological polar surface area (TPSA) is 83.8 Å². The van der Waals surface area contributed by atoms with Crippen LogP contribution in [0.2, 0.25) is 0 Å². The summed E-state index contributed by atoms with van der Waals surface area (Å²) in [6, 6.07) is 0. The minimum Gasteiger partial charge on any atom is -0.452 e. The highest BCUT2D eigenvalue weighted by molar-refractivity contribution is 5.97. The van der Waals surface area contributed by atoms with E-state index in [2.05, 4.69) is 4.74 Å². The van der Waals surface area contributed by atoms with Crippen LogP contribution in [0, 0.1) is 0 Å². The molecule has 2 N–H and O–H groups in total. The van der Waals surface area contributed by atoms with Crippen LogP contribution in [0.25, 0.3) is 0 Å². The van der Waals surface area contributed by atoms with Gasteiger partial charge in [0.25, 0.3) is 0 Å². The Hall–Kier alpha value is -0.940. The molecule has 0 aromatic heterocycles. The third kappa shape index (κ3) is 0.804. The number of fused-ring (bicyclic) bond motifs is 2. The van der Waals surface area contributed by atoms with Crippen LogP contribution in [-0.2, 0) is 14.3 Å². The first-order valence-electron chi connectivity index (χ1n) is 3.68. The van der Waals surface area contributed by atoms with Gasteiger partial charge in [0.2, 0.25) is 5.78 Å². The van der Waals surface area contributed by atoms with Crippen LogP contribution in [0.15, 0.2) is 0 Å². The summed E-state index contributed by atoms with van der Waals surface area (Å²) in [5.74, 6) is -1.30. The summed E-state index contributed by atoms with van der Waals surface area (Å²) in [6.45, 7) is 0. The molecule has 1 saturated carbocycles. The number of ether oxygens (including phenoxy) is 1. The first kappa shape index (κ1) is 7.70. The van der Waals surface area contributed by atoms with E-state index in [9.17, 15) is 14.7 Å². The smallest absolute Gasteiger partial charge is 0.339 e. The van der Waals surface area contributed by atoms with E-state index >= 15 is 0 Å². The van der Waals surface area contributed by atoms with E-state index in [-0.39, 0.29) is 12.8 Å². The average Bonchev–Trinajstić information content (AvgIpc) is 2.22. The molecule has 3 atom stereocenters. The molecule has 2 fully saturated rings. The van der Waals surface area contributed by atoms with Crippen LogP contribution >= 0.6 is 0 Å². The third-order valence-electron chi connectivity index (χ3n) is 2.33. The molecule has 2 bridgehead atoms. The number of ketones is 1. The van der Waals surface area contributed by atoms with Gasteiger partial charge in [-0.25, -0.2) is 4.79 Å². The lowest BCUT2D eigenvalue weighted by Gasteiger charge is -2.24. The summed E-state index contributed by atoms with van der Waals surface area (Å²) < 4.78 is 4.57. The third-order valence-corrected chi connectivity index (χ3v) is 2.33. The van der Waals surface area contributed by atoms with Gasteiger partial charge in [-0.2, -0.15) is 0 Å². The van der Waals surface area contributed by atoms with Gasteiger partial charge in [-0.3, -0.25) is 4.79 Å². The van der Waals surface area contributed by atoms with Crippen molar-refractivity contribution in [2.45, 2.75) is 30.7 Å². The fourth-order valence-electron chi connectivity index (χ4n) is 1.63. The fraction of sp³-hybridized carbons (Fsp3) is 0.714. The zero-order chi connectivity index (χ0) is 8.93. The molecule has 0 amide bonds. The van der Waals surface area contributed by atoms with E-state index in [0.29, 0.717) is 0 Å². The van der Waals surface area contributed by atoms with E-state index in [0.717, 1.165) is 0 Å². The molecule has 5 nitrogen and oxygen atoms in total. The van der Waals surface area contributed by atoms with E-state index < -0.39 is 29.6 Å². The predicted octanol–water partition coefficient (Wildman–Crippen LogP) is -1.63. The number of Topliss-reactive ketones (excluding diaryl/α,β-unsaturated/α-hetero) is 1. The Morgan fingerprint density at radius 1 is 1.42 bits per heavy atom. The van der Waals surface area contributed by atoms with Crippen molar-refractivity contribution in [3.8, 4) is 0 Å². The monoisotopic (exact) mass is 172 g/mol. The molecule has 1 aliphatic heterocycles. The minimum atomic E-state index is -1.63. The molecular weight excluding hydrogens is 164 g/mol. The maximum Gasteiger partial charge on any atom is 0.339 e. The number of rotatable bonds is 0. The highest BCUT2D eigenvalue weighted by atomic mass is 16.6. The van der Waals surface area contributed by atoms with Crippen molar-refractivity contribution < 1.29 is 24.5 Å². The zero-order valence-electron chi connectivity index (χ0n) is 6.19. The molecule has 1 heterocycles. The Morgan fingerprint density at radius 2 is 2.08 bits per heavy atom. The number of esters is 1. The van der Waals surface area contributed by atoms with Crippen molar-refractivity contribution in [3.63, 3.8) is 0 Å². The average molecular weight is 172 g/mol. The Morgan fingerprint density at radius 3 is 2.75 bits per heavy atom. The minimum absolute atomic E-state index is 0.0122. The molecule has 2 rings (SSSR count). The summed E-state index contributed by atoms with van der Waals surface area (Å²) in [5, 5.41) is 18.6. The van der Waals surface area contributed by atoms with Crippen molar-refractivity contribution in [3.05, 3.63) is 0 Å². The Labute approximate surface area is 67.9 Å². The molecule has 2 aliphatic rings. The van der Waals surface area contributed by atoms with Crippen LogP contribution in [0.5, 0.6) is 0 Å². The van der Waals surface area contributed by atoms with Gasteiger partial charge in [0, 0.05) is 12.8 Å². The van der Waals surface area contributed by atoms with E-state index in [1.165, 1.54) is 0 Å². The highest BCUT2D eigenvalue weighted by Crippen LogP contribution is 2.35. The molecule has 0 spiro atoms. The first-order chi connectivity index (χ1) is 5.53. The second-order valence-electron chi connectivity index (χ2n) is 3.25. The Kier molecular flexibility index (Phi) is 1.32. The SMILES string of the molecule is O=C1[C@H](O)C[C@]2(O)C[C@H]1OC2=O. The fourth-order valence-corrected chi connectivity index (χ4v) is 1.63. The molecule has 0 aromatic carbocycles. The van der Waals surface area contributed by atoms with Gasteiger partial charge in [-0.15, -0.1) is 0 Å². The van der Waals surface area contributed by atoms with Crippen LogP contribution in [0.4, 0.5) is 0 Å². The lowest BCUT2D eigenvalue weighted by atomic mass is 9.83. The van der Waals surface area contributed by atoms with Crippen molar-refractivity contribution in [2.75, 3.05) is 0 Å². The summed E-state index contributed by atoms with van der Waals surface area (Å²) in [7, 11) is 0. The van der Waals surface area contributed by atoms with Crippen LogP contribution in [0.1, 0.15) is 12.8 Å². The van der Waals surface area contributed by atoms with Gasteiger partial charge in [0.15, 0.2) is 11.7 Å². The van der Waals surface area contributed by atoms with Gasteiger partial charge >= 0.3 is 5.97 Å². The number of aliphatic hydroxyl groups is 2. The number of carbonyl (C=O) groups excluding carboxylic acids is 2. The summed E-state index contributed by atoms with van der Waals surface area (Å²) in [5.41, 5.74) is -1.63. The quantitative estimate of drug-likeness (QED) is 0.428. The number of carbonyl (C=O) groups is 2. The highest BCUT2D eigenvalue weighted by Gasteiger charge is 2.57. The summed E-state index contributed by atoms with van der Waals surface area (Å²) in [6.07, 6.45) is -2.45. The van der Waals surface area contributed by atoms with Crippen LogP contribution in [-0.4, -0.2) is 39.8 Å². The molecule has 66 valence electrons. The van der Waals surface area contributed by atoms with Crippen molar-refractivity contribution in [2.24, 2.45) is 0 Å². The zero-order valence-corrected chi connectivity index (χ0v) is 6.19. The number of hydrogen-bond acceptors (Lipinski definition) is 5. The second-order valence-corrected chi connectivity index (χ2v) is 3.25. The largest absolute Gasteiger partial charge is 0.452 e. The molecule has 0 aromatic rings. The second kappa shape index (κ2) is 2.05. The molecule has 5 heteroatoms. The molecular formula is C7H8O5. The van der Waals surface area contributed by atoms with E-state index in [1.54, 1.807) is 0 Å². The maximum atomic E-state index is 11.0. The standard InChI is InChI=1S/C7H8O5/c8-3-1-7(11)2-4(5(3)9)12-6(7)10/h3-4,8,11H,1-2H2/t3-,4-,7+/m1/s1. The van der Waals surface area contributed by atoms with Crippen molar-refractivity contribution in [1.82, 2.24) is 0 Å². The van der Waals surface area contributed by atoms with E-state index in [1.807, 2.05) is 0 Å². The number of hydrogen-bond donors (Lipinski definition) is 2. The van der Waals surface area contributed by atoms with Gasteiger partial charge in [-0.05, 0) is 0 Å². The Bertz CT molecular complexity index is 259. The molecule has 1 aliphatic carbocycles. The summed E-state index contributed by atoms with van der Waals surface area (Å²) >= 11 is 0. The molecule has 12 heavy (non-hydrogen) atoms. The lowest BCUT2D eigenvalue weighted by Crippen LogP contribution is -2.45. The lowest BCUT2D eigenvalue weighted by molar-refractivity contribution is -0.154. The van der Waals surface area contributed by atoms with Gasteiger partial charge < -0.3 is 14.9 Å². The molecule has 1 saturated heterocycles. The van der Waals surface area contributed by atoms with Crippen LogP contribution in [0.3, 0.4) is 0 Å². The van der Waals surface area contributed by atoms with Gasteiger partial charge in [0.1, 0.15) is 6.10 Å². The van der Waals surface area contributed by atoms with Gasteiger partial charge in [-0.1, -0.05) is 0 Å². The first-order valence-corrected chi connectivity index (χ1v) is 3.68. The maximum absolute atomic E-state index is 11.0. The van der Waals surface area contributed by atoms with Gasteiger partial charge in [0.05, 0.1) is 0 Å². The summed E-state index contributed by atoms with van der Waals surface area (Å²) in [4.78, 5) is 22.0. The van der Waals surface area contributed by atoms with Crippen molar-refractivity contribution >= 4 is 11.8 Å². The Balaban J connectivity index is 2.34. The predicted molar refractivity (Wildman–Crippen MR) is 35.1 cm³/mol. The van der Waals surface area contributed by atoms with E-state index in [4.69, 9.17) is 5.11 Å².